The summed E-state index contributed by atoms with van der Waals surface area (Å²) in [6.07, 6.45) is 0.517. The van der Waals surface area contributed by atoms with E-state index in [0.29, 0.717) is 0 Å². The van der Waals surface area contributed by atoms with Crippen molar-refractivity contribution >= 4 is 23.6 Å². The van der Waals surface area contributed by atoms with Crippen LogP contribution in [0.2, 0.25) is 5.02 Å². The van der Waals surface area contributed by atoms with Crippen LogP contribution in [0.3, 0.4) is 0 Å². The van der Waals surface area contributed by atoms with Crippen molar-refractivity contribution in [2.24, 2.45) is 5.41 Å². The first kappa shape index (κ1) is 22.2. The van der Waals surface area contributed by atoms with E-state index in [0.717, 1.165) is 0 Å². The Morgan fingerprint density at radius 3 is 2.46 bits per heavy atom. The molecule has 1 aliphatic rings. The van der Waals surface area contributed by atoms with Crippen molar-refractivity contribution in [3.05, 3.63) is 33.2 Å². The second-order valence-electron chi connectivity index (χ2n) is 8.38. The Kier molecular flexibility index (Phi) is 6.16. The van der Waals surface area contributed by atoms with E-state index in [-0.39, 0.29) is 48.6 Å². The molecule has 0 spiro atoms. The molecule has 1 aliphatic heterocycles. The summed E-state index contributed by atoms with van der Waals surface area (Å²) < 4.78 is 1.28. The molecule has 28 heavy (non-hydrogen) atoms. The average Bonchev–Trinajstić information content (AvgIpc) is 2.58. The smallest absolute Gasteiger partial charge is 0.407 e. The molecule has 0 saturated carbocycles. The molecule has 0 aliphatic carbocycles. The second-order valence-corrected chi connectivity index (χ2v) is 8.79. The van der Waals surface area contributed by atoms with E-state index in [1.807, 2.05) is 13.8 Å². The molecular weight excluding hydrogens is 386 g/mol. The number of nitrogens with zero attached hydrogens (tertiary/aromatic N) is 3. The van der Waals surface area contributed by atoms with E-state index < -0.39 is 22.7 Å². The first-order valence-electron chi connectivity index (χ1n) is 9.16. The number of aliphatic hydroxyl groups is 1. The number of carbonyl (C=O) groups is 2. The maximum atomic E-state index is 12.7. The van der Waals surface area contributed by atoms with Crippen LogP contribution in [-0.4, -0.2) is 68.4 Å². The molecule has 1 saturated heterocycles. The van der Waals surface area contributed by atoms with Crippen LogP contribution in [0.4, 0.5) is 4.79 Å². The van der Waals surface area contributed by atoms with Gasteiger partial charge in [-0.05, 0) is 20.3 Å². The van der Waals surface area contributed by atoms with Gasteiger partial charge >= 0.3 is 6.09 Å². The molecule has 156 valence electrons. The van der Waals surface area contributed by atoms with E-state index in [1.54, 1.807) is 20.9 Å². The largest absolute Gasteiger partial charge is 0.465 e. The number of amides is 2. The van der Waals surface area contributed by atoms with Crippen LogP contribution in [0.15, 0.2) is 17.1 Å². The Morgan fingerprint density at radius 1 is 1.36 bits per heavy atom. The Bertz CT molecular complexity index is 835. The molecule has 8 nitrogen and oxygen atoms in total. The van der Waals surface area contributed by atoms with Crippen molar-refractivity contribution in [2.75, 3.05) is 20.1 Å². The van der Waals surface area contributed by atoms with Crippen molar-refractivity contribution in [3.63, 3.8) is 0 Å². The van der Waals surface area contributed by atoms with Crippen LogP contribution >= 0.6 is 11.6 Å². The summed E-state index contributed by atoms with van der Waals surface area (Å²) >= 11 is 6.14. The van der Waals surface area contributed by atoms with Crippen molar-refractivity contribution < 1.29 is 19.8 Å². The molecule has 1 unspecified atom stereocenters. The van der Waals surface area contributed by atoms with Gasteiger partial charge in [0.25, 0.3) is 11.5 Å². The highest BCUT2D eigenvalue weighted by atomic mass is 35.5. The van der Waals surface area contributed by atoms with E-state index in [2.05, 4.69) is 0 Å². The quantitative estimate of drug-likeness (QED) is 0.786. The molecule has 1 atom stereocenters. The van der Waals surface area contributed by atoms with Gasteiger partial charge in [0.15, 0.2) is 0 Å². The highest BCUT2D eigenvalue weighted by molar-refractivity contribution is 6.33. The lowest BCUT2D eigenvalue weighted by Gasteiger charge is -2.49. The molecule has 1 aromatic rings. The van der Waals surface area contributed by atoms with Gasteiger partial charge in [-0.1, -0.05) is 25.4 Å². The molecule has 2 rings (SSSR count). The summed E-state index contributed by atoms with van der Waals surface area (Å²) in [4.78, 5) is 39.2. The van der Waals surface area contributed by atoms with Gasteiger partial charge in [-0.25, -0.2) is 4.79 Å². The van der Waals surface area contributed by atoms with Crippen LogP contribution in [0.5, 0.6) is 0 Å². The van der Waals surface area contributed by atoms with E-state index in [1.165, 1.54) is 26.6 Å². The number of hydrogen-bond acceptors (Lipinski definition) is 4. The number of halogens is 1. The lowest BCUT2D eigenvalue weighted by atomic mass is 9.70. The minimum Gasteiger partial charge on any atom is -0.465 e. The van der Waals surface area contributed by atoms with Crippen molar-refractivity contribution in [2.45, 2.75) is 52.3 Å². The van der Waals surface area contributed by atoms with Crippen molar-refractivity contribution in [1.29, 1.82) is 0 Å². The number of carbonyl (C=O) groups excluding carboxylic acids is 1. The molecule has 9 heteroatoms. The predicted molar refractivity (Wildman–Crippen MR) is 106 cm³/mol. The Balaban J connectivity index is 2.38. The number of pyridine rings is 1. The topological polar surface area (TPSA) is 103 Å². The Labute approximate surface area is 169 Å². The third-order valence-corrected chi connectivity index (χ3v) is 6.06. The summed E-state index contributed by atoms with van der Waals surface area (Å²) in [6.45, 7) is 7.51. The maximum Gasteiger partial charge on any atom is 0.407 e. The minimum atomic E-state index is -1.32. The van der Waals surface area contributed by atoms with Gasteiger partial charge in [0.2, 0.25) is 0 Å². The van der Waals surface area contributed by atoms with E-state index >= 15 is 0 Å². The highest BCUT2D eigenvalue weighted by Crippen LogP contribution is 2.39. The van der Waals surface area contributed by atoms with Crippen LogP contribution in [-0.2, 0) is 6.54 Å². The van der Waals surface area contributed by atoms with Gasteiger partial charge in [-0.3, -0.25) is 9.59 Å². The van der Waals surface area contributed by atoms with Gasteiger partial charge in [0, 0.05) is 43.9 Å². The summed E-state index contributed by atoms with van der Waals surface area (Å²) in [5.41, 5.74) is -2.36. The normalized spacial score (nSPS) is 21.6. The number of aromatic nitrogens is 1. The SMILES string of the molecule is CC(C)N(C)C(=O)c1cn(CC2(O)CCN(C(=O)O)CC2(C)C)c(=O)cc1Cl. The standard InChI is InChI=1S/C19H28ClN3O5/c1-12(2)21(5)16(25)13-9-23(15(24)8-14(13)20)11-19(28)6-7-22(17(26)27)10-18(19,3)4/h8-9,12,28H,6-7,10-11H2,1-5H3,(H,26,27). The fourth-order valence-electron chi connectivity index (χ4n) is 3.36. The summed E-state index contributed by atoms with van der Waals surface area (Å²) in [7, 11) is 1.65. The van der Waals surface area contributed by atoms with Crippen LogP contribution in [0.25, 0.3) is 0 Å². The lowest BCUT2D eigenvalue weighted by Crippen LogP contribution is -2.60. The molecule has 0 aromatic carbocycles. The molecule has 2 amide bonds. The van der Waals surface area contributed by atoms with Gasteiger partial charge < -0.3 is 24.6 Å². The lowest BCUT2D eigenvalue weighted by molar-refractivity contribution is -0.123. The molecule has 0 bridgehead atoms. The second kappa shape index (κ2) is 7.75. The van der Waals surface area contributed by atoms with E-state index in [4.69, 9.17) is 11.6 Å². The molecule has 1 fully saturated rings. The van der Waals surface area contributed by atoms with Gasteiger partial charge in [-0.2, -0.15) is 0 Å². The highest BCUT2D eigenvalue weighted by Gasteiger charge is 2.49. The molecule has 0 radical (unpaired) electrons. The molecule has 2 N–H and O–H groups in total. The van der Waals surface area contributed by atoms with Crippen molar-refractivity contribution in [3.8, 4) is 0 Å². The van der Waals surface area contributed by atoms with Crippen LogP contribution in [0, 0.1) is 5.41 Å². The maximum absolute atomic E-state index is 12.7. The zero-order valence-corrected chi connectivity index (χ0v) is 17.7. The number of piperidine rings is 1. The zero-order chi connectivity index (χ0) is 21.4. The molecular formula is C19H28ClN3O5. The number of carboxylic acid groups (broad SMARTS) is 1. The molecule has 2 heterocycles. The minimum absolute atomic E-state index is 0.0487. The zero-order valence-electron chi connectivity index (χ0n) is 16.9. The number of hydrogen-bond donors (Lipinski definition) is 2. The van der Waals surface area contributed by atoms with Crippen LogP contribution in [0.1, 0.15) is 44.5 Å². The van der Waals surface area contributed by atoms with E-state index in [9.17, 15) is 24.6 Å². The van der Waals surface area contributed by atoms with Crippen molar-refractivity contribution in [1.82, 2.24) is 14.4 Å². The fourth-order valence-corrected chi connectivity index (χ4v) is 3.58. The Hall–Kier alpha value is -2.06. The van der Waals surface area contributed by atoms with Gasteiger partial charge in [0.05, 0.1) is 22.7 Å². The first-order chi connectivity index (χ1) is 12.8. The van der Waals surface area contributed by atoms with Crippen LogP contribution < -0.4 is 5.56 Å². The number of likely N-dealkylation sites (tertiary alicyclic amines) is 1. The molecule has 1 aromatic heterocycles. The summed E-state index contributed by atoms with van der Waals surface area (Å²) in [6, 6.07) is 1.12. The average molecular weight is 414 g/mol. The monoisotopic (exact) mass is 413 g/mol. The first-order valence-corrected chi connectivity index (χ1v) is 9.54. The third-order valence-electron chi connectivity index (χ3n) is 5.74. The fraction of sp³-hybridized carbons (Fsp3) is 0.632. The Morgan fingerprint density at radius 2 is 1.96 bits per heavy atom. The predicted octanol–water partition coefficient (Wildman–Crippen LogP) is 2.12. The van der Waals surface area contributed by atoms with Gasteiger partial charge in [-0.15, -0.1) is 0 Å². The van der Waals surface area contributed by atoms with Gasteiger partial charge in [0.1, 0.15) is 0 Å². The summed E-state index contributed by atoms with van der Waals surface area (Å²) in [5.74, 6) is -0.319. The number of rotatable bonds is 4. The summed E-state index contributed by atoms with van der Waals surface area (Å²) in [5, 5.41) is 20.6. The third kappa shape index (κ3) is 4.17.